The van der Waals surface area contributed by atoms with Crippen LogP contribution in [-0.2, 0) is 13.0 Å². The molecule has 0 spiro atoms. The Labute approximate surface area is 114 Å². The molecule has 1 aliphatic heterocycles. The molecular weight excluding hydrogens is 238 g/mol. The van der Waals surface area contributed by atoms with Crippen LogP contribution in [0.5, 0.6) is 0 Å². The lowest BCUT2D eigenvalue weighted by molar-refractivity contribution is 0.0694. The summed E-state index contributed by atoms with van der Waals surface area (Å²) in [5.74, 6) is 0.151. The second-order valence-corrected chi connectivity index (χ2v) is 6.00. The van der Waals surface area contributed by atoms with Crippen molar-refractivity contribution in [3.63, 3.8) is 0 Å². The van der Waals surface area contributed by atoms with Crippen LogP contribution >= 0.6 is 0 Å². The van der Waals surface area contributed by atoms with E-state index in [1.54, 1.807) is 6.07 Å². The fourth-order valence-electron chi connectivity index (χ4n) is 3.19. The van der Waals surface area contributed by atoms with Crippen LogP contribution in [0.2, 0.25) is 0 Å². The van der Waals surface area contributed by atoms with Crippen LogP contribution in [0.4, 0.5) is 0 Å². The summed E-state index contributed by atoms with van der Waals surface area (Å²) in [6, 6.07) is 6.30. The summed E-state index contributed by atoms with van der Waals surface area (Å²) < 4.78 is 0. The van der Waals surface area contributed by atoms with E-state index in [4.69, 9.17) is 0 Å². The molecule has 1 aromatic carbocycles. The molecule has 3 rings (SSSR count). The molecule has 0 amide bonds. The van der Waals surface area contributed by atoms with Crippen molar-refractivity contribution in [1.82, 2.24) is 4.90 Å². The predicted molar refractivity (Wildman–Crippen MR) is 74.3 cm³/mol. The van der Waals surface area contributed by atoms with Crippen molar-refractivity contribution < 1.29 is 9.90 Å². The van der Waals surface area contributed by atoms with E-state index in [0.29, 0.717) is 11.6 Å². The highest BCUT2D eigenvalue weighted by Gasteiger charge is 2.29. The monoisotopic (exact) mass is 259 g/mol. The van der Waals surface area contributed by atoms with Gasteiger partial charge in [-0.2, -0.15) is 0 Å². The van der Waals surface area contributed by atoms with Gasteiger partial charge in [-0.25, -0.2) is 4.79 Å². The molecule has 1 N–H and O–H groups in total. The Morgan fingerprint density at radius 2 is 2.26 bits per heavy atom. The Morgan fingerprint density at radius 3 is 2.95 bits per heavy atom. The molecule has 102 valence electrons. The van der Waals surface area contributed by atoms with E-state index in [-0.39, 0.29) is 0 Å². The number of nitrogens with zero attached hydrogens (tertiary/aromatic N) is 1. The molecule has 1 atom stereocenters. The third-order valence-electron chi connectivity index (χ3n) is 4.52. The van der Waals surface area contributed by atoms with E-state index < -0.39 is 5.97 Å². The zero-order valence-electron chi connectivity index (χ0n) is 11.4. The number of hydrogen-bond donors (Lipinski definition) is 1. The molecule has 1 saturated carbocycles. The first kappa shape index (κ1) is 12.7. The van der Waals surface area contributed by atoms with Gasteiger partial charge in [-0.3, -0.25) is 4.90 Å². The lowest BCUT2D eigenvalue weighted by Gasteiger charge is -2.34. The van der Waals surface area contributed by atoms with E-state index in [1.807, 2.05) is 6.07 Å². The molecule has 3 heteroatoms. The van der Waals surface area contributed by atoms with Crippen molar-refractivity contribution in [1.29, 1.82) is 0 Å². The molecule has 1 unspecified atom stereocenters. The Hall–Kier alpha value is -1.35. The quantitative estimate of drug-likeness (QED) is 0.903. The van der Waals surface area contributed by atoms with E-state index >= 15 is 0 Å². The van der Waals surface area contributed by atoms with Crippen LogP contribution in [0.25, 0.3) is 0 Å². The Bertz CT molecular complexity index is 494. The lowest BCUT2D eigenvalue weighted by atomic mass is 9.93. The number of benzene rings is 1. The lowest BCUT2D eigenvalue weighted by Crippen LogP contribution is -2.38. The maximum Gasteiger partial charge on any atom is 0.335 e. The van der Waals surface area contributed by atoms with Crippen LogP contribution in [0.1, 0.15) is 47.7 Å². The largest absolute Gasteiger partial charge is 0.478 e. The molecule has 1 aliphatic carbocycles. The molecule has 2 aliphatic rings. The summed E-state index contributed by atoms with van der Waals surface area (Å²) in [6.07, 6.45) is 4.97. The first-order valence-electron chi connectivity index (χ1n) is 7.23. The summed E-state index contributed by atoms with van der Waals surface area (Å²) in [5, 5.41) is 9.23. The summed E-state index contributed by atoms with van der Waals surface area (Å²) in [4.78, 5) is 13.7. The van der Waals surface area contributed by atoms with Crippen LogP contribution in [0.3, 0.4) is 0 Å². The second kappa shape index (κ2) is 4.97. The van der Waals surface area contributed by atoms with Gasteiger partial charge in [0.15, 0.2) is 0 Å². The number of fused-ring (bicyclic) bond motifs is 1. The molecular formula is C16H21NO2. The van der Waals surface area contributed by atoms with Gasteiger partial charge in [0.05, 0.1) is 5.56 Å². The summed E-state index contributed by atoms with van der Waals surface area (Å²) in [5.41, 5.74) is 2.74. The third-order valence-corrected chi connectivity index (χ3v) is 4.52. The summed E-state index contributed by atoms with van der Waals surface area (Å²) in [7, 11) is 0. The fourth-order valence-corrected chi connectivity index (χ4v) is 3.19. The van der Waals surface area contributed by atoms with Gasteiger partial charge >= 0.3 is 5.97 Å². The minimum atomic E-state index is -0.795. The SMILES string of the molecule is CC(CC1CC1)N1CCc2c(cccc2C(=O)O)C1. The van der Waals surface area contributed by atoms with Crippen molar-refractivity contribution in [3.8, 4) is 0 Å². The zero-order chi connectivity index (χ0) is 13.4. The fraction of sp³-hybridized carbons (Fsp3) is 0.562. The highest BCUT2D eigenvalue weighted by atomic mass is 16.4. The molecule has 0 aromatic heterocycles. The van der Waals surface area contributed by atoms with Crippen LogP contribution < -0.4 is 0 Å². The number of rotatable bonds is 4. The molecule has 1 aromatic rings. The first-order chi connectivity index (χ1) is 9.15. The smallest absolute Gasteiger partial charge is 0.335 e. The van der Waals surface area contributed by atoms with Gasteiger partial charge < -0.3 is 5.11 Å². The Morgan fingerprint density at radius 1 is 1.47 bits per heavy atom. The number of hydrogen-bond acceptors (Lipinski definition) is 2. The molecule has 0 radical (unpaired) electrons. The topological polar surface area (TPSA) is 40.5 Å². The van der Waals surface area contributed by atoms with Gasteiger partial charge in [-0.05, 0) is 42.9 Å². The van der Waals surface area contributed by atoms with Crippen molar-refractivity contribution in [2.24, 2.45) is 5.92 Å². The van der Waals surface area contributed by atoms with Crippen molar-refractivity contribution in [2.75, 3.05) is 6.54 Å². The molecule has 1 fully saturated rings. The average Bonchev–Trinajstić information content (AvgIpc) is 3.21. The molecule has 19 heavy (non-hydrogen) atoms. The van der Waals surface area contributed by atoms with E-state index in [9.17, 15) is 9.90 Å². The average molecular weight is 259 g/mol. The highest BCUT2D eigenvalue weighted by Crippen LogP contribution is 2.35. The van der Waals surface area contributed by atoms with Crippen molar-refractivity contribution in [2.45, 2.75) is 45.2 Å². The van der Waals surface area contributed by atoms with Crippen molar-refractivity contribution in [3.05, 3.63) is 34.9 Å². The van der Waals surface area contributed by atoms with E-state index in [1.165, 1.54) is 24.8 Å². The Balaban J connectivity index is 1.76. The second-order valence-electron chi connectivity index (χ2n) is 6.00. The van der Waals surface area contributed by atoms with Crippen LogP contribution in [-0.4, -0.2) is 28.6 Å². The Kier molecular flexibility index (Phi) is 3.31. The van der Waals surface area contributed by atoms with Gasteiger partial charge in [-0.1, -0.05) is 25.0 Å². The third kappa shape index (κ3) is 2.66. The molecule has 0 bridgehead atoms. The highest BCUT2D eigenvalue weighted by molar-refractivity contribution is 5.89. The normalized spacial score (nSPS) is 20.9. The van der Waals surface area contributed by atoms with Gasteiger partial charge in [0.1, 0.15) is 0 Å². The molecule has 3 nitrogen and oxygen atoms in total. The van der Waals surface area contributed by atoms with E-state index in [2.05, 4.69) is 17.9 Å². The number of carboxylic acid groups (broad SMARTS) is 1. The van der Waals surface area contributed by atoms with Gasteiger partial charge in [0.25, 0.3) is 0 Å². The maximum absolute atomic E-state index is 11.2. The predicted octanol–water partition coefficient (Wildman–Crippen LogP) is 2.93. The molecule has 1 heterocycles. The minimum absolute atomic E-state index is 0.493. The maximum atomic E-state index is 11.2. The summed E-state index contributed by atoms with van der Waals surface area (Å²) in [6.45, 7) is 4.21. The van der Waals surface area contributed by atoms with Crippen LogP contribution in [0.15, 0.2) is 18.2 Å². The first-order valence-corrected chi connectivity index (χ1v) is 7.23. The van der Waals surface area contributed by atoms with Crippen LogP contribution in [0, 0.1) is 5.92 Å². The standard InChI is InChI=1S/C16H21NO2/c1-11(9-12-5-6-12)17-8-7-14-13(10-17)3-2-4-15(14)16(18)19/h2-4,11-12H,5-10H2,1H3,(H,18,19). The molecule has 0 saturated heterocycles. The van der Waals surface area contributed by atoms with Crippen molar-refractivity contribution >= 4 is 5.97 Å². The minimum Gasteiger partial charge on any atom is -0.478 e. The number of carbonyl (C=O) groups is 1. The van der Waals surface area contributed by atoms with E-state index in [0.717, 1.165) is 31.0 Å². The number of carboxylic acids is 1. The van der Waals surface area contributed by atoms with Gasteiger partial charge in [0, 0.05) is 19.1 Å². The van der Waals surface area contributed by atoms with Gasteiger partial charge in [-0.15, -0.1) is 0 Å². The number of aromatic carboxylic acids is 1. The zero-order valence-corrected chi connectivity index (χ0v) is 11.4. The van der Waals surface area contributed by atoms with Gasteiger partial charge in [0.2, 0.25) is 0 Å². The summed E-state index contributed by atoms with van der Waals surface area (Å²) >= 11 is 0.